The van der Waals surface area contributed by atoms with Gasteiger partial charge in [-0.15, -0.1) is 0 Å². The second kappa shape index (κ2) is 6.57. The number of nitrogens with two attached hydrogens (primary N) is 1. The molecule has 114 valence electrons. The highest BCUT2D eigenvalue weighted by Crippen LogP contribution is 2.26. The molecule has 2 aromatic carbocycles. The van der Waals surface area contributed by atoms with Crippen LogP contribution >= 0.6 is 0 Å². The predicted molar refractivity (Wildman–Crippen MR) is 88.1 cm³/mol. The van der Waals surface area contributed by atoms with Gasteiger partial charge in [-0.3, -0.25) is 4.79 Å². The molecular weight excluding hydrogens is 292 g/mol. The van der Waals surface area contributed by atoms with Gasteiger partial charge in [-0.05, 0) is 36.4 Å². The van der Waals surface area contributed by atoms with Crippen molar-refractivity contribution in [3.8, 4) is 11.6 Å². The fourth-order valence-corrected chi connectivity index (χ4v) is 1.99. The quantitative estimate of drug-likeness (QED) is 0.702. The average molecular weight is 306 g/mol. The van der Waals surface area contributed by atoms with Crippen molar-refractivity contribution in [2.75, 3.05) is 11.1 Å². The van der Waals surface area contributed by atoms with E-state index in [0.29, 0.717) is 12.0 Å². The monoisotopic (exact) mass is 306 g/mol. The predicted octanol–water partition coefficient (Wildman–Crippen LogP) is 3.41. The van der Waals surface area contributed by atoms with Gasteiger partial charge in [-0.25, -0.2) is 9.97 Å². The molecule has 0 fully saturated rings. The zero-order chi connectivity index (χ0) is 16.1. The Balaban J connectivity index is 1.75. The number of benzene rings is 2. The molecule has 3 aromatic rings. The standard InChI is InChI=1S/C17H14N4O2/c18-16-15(10-22)17(20-11-19-16)23-14-8-6-13(7-9-14)21-12-4-2-1-3-5-12/h1-11,21H,(H2,18,19,20). The van der Waals surface area contributed by atoms with Gasteiger partial charge in [-0.2, -0.15) is 0 Å². The Kier molecular flexibility index (Phi) is 4.15. The van der Waals surface area contributed by atoms with E-state index in [4.69, 9.17) is 10.5 Å². The highest BCUT2D eigenvalue weighted by molar-refractivity contribution is 5.84. The van der Waals surface area contributed by atoms with E-state index in [9.17, 15) is 4.79 Å². The van der Waals surface area contributed by atoms with Gasteiger partial charge in [0.05, 0.1) is 0 Å². The maximum absolute atomic E-state index is 11.0. The maximum atomic E-state index is 11.0. The summed E-state index contributed by atoms with van der Waals surface area (Å²) in [4.78, 5) is 18.7. The average Bonchev–Trinajstić information content (AvgIpc) is 2.58. The van der Waals surface area contributed by atoms with Crippen LogP contribution in [0.1, 0.15) is 10.4 Å². The van der Waals surface area contributed by atoms with E-state index in [1.807, 2.05) is 42.5 Å². The molecule has 0 unspecified atom stereocenters. The summed E-state index contributed by atoms with van der Waals surface area (Å²) in [6.45, 7) is 0. The largest absolute Gasteiger partial charge is 0.438 e. The maximum Gasteiger partial charge on any atom is 0.235 e. The molecule has 0 aliphatic rings. The third-order valence-electron chi connectivity index (χ3n) is 3.13. The van der Waals surface area contributed by atoms with Crippen molar-refractivity contribution in [1.29, 1.82) is 0 Å². The summed E-state index contributed by atoms with van der Waals surface area (Å²) in [5.74, 6) is 0.772. The molecule has 6 heteroatoms. The molecule has 3 rings (SSSR count). The molecule has 0 aliphatic carbocycles. The van der Waals surface area contributed by atoms with Gasteiger partial charge < -0.3 is 15.8 Å². The number of aromatic nitrogens is 2. The minimum Gasteiger partial charge on any atom is -0.438 e. The van der Waals surface area contributed by atoms with E-state index in [1.165, 1.54) is 6.33 Å². The van der Waals surface area contributed by atoms with E-state index in [1.54, 1.807) is 12.1 Å². The first kappa shape index (κ1) is 14.5. The normalized spacial score (nSPS) is 10.1. The van der Waals surface area contributed by atoms with Crippen molar-refractivity contribution in [3.05, 3.63) is 66.5 Å². The first-order valence-corrected chi connectivity index (χ1v) is 6.92. The first-order valence-electron chi connectivity index (χ1n) is 6.92. The molecule has 0 atom stereocenters. The first-order chi connectivity index (χ1) is 11.3. The number of hydrogen-bond donors (Lipinski definition) is 2. The minimum absolute atomic E-state index is 0.0902. The number of para-hydroxylation sites is 1. The molecule has 0 spiro atoms. The molecule has 1 aromatic heterocycles. The Morgan fingerprint density at radius 2 is 1.65 bits per heavy atom. The Morgan fingerprint density at radius 1 is 0.957 bits per heavy atom. The van der Waals surface area contributed by atoms with Crippen molar-refractivity contribution in [2.24, 2.45) is 0 Å². The van der Waals surface area contributed by atoms with E-state index >= 15 is 0 Å². The van der Waals surface area contributed by atoms with Crippen LogP contribution in [0, 0.1) is 0 Å². The molecule has 0 radical (unpaired) electrons. The van der Waals surface area contributed by atoms with Gasteiger partial charge in [0.25, 0.3) is 0 Å². The van der Waals surface area contributed by atoms with E-state index < -0.39 is 0 Å². The summed E-state index contributed by atoms with van der Waals surface area (Å²) in [5, 5.41) is 3.27. The lowest BCUT2D eigenvalue weighted by Crippen LogP contribution is -2.01. The van der Waals surface area contributed by atoms with E-state index in [0.717, 1.165) is 11.4 Å². The number of carbonyl (C=O) groups excluding carboxylic acids is 1. The van der Waals surface area contributed by atoms with Crippen molar-refractivity contribution in [2.45, 2.75) is 0 Å². The molecule has 6 nitrogen and oxygen atoms in total. The Bertz CT molecular complexity index is 805. The van der Waals surface area contributed by atoms with Gasteiger partial charge >= 0.3 is 0 Å². The van der Waals surface area contributed by atoms with Gasteiger partial charge in [-0.1, -0.05) is 18.2 Å². The molecule has 0 bridgehead atoms. The van der Waals surface area contributed by atoms with Crippen LogP contribution in [-0.4, -0.2) is 16.3 Å². The van der Waals surface area contributed by atoms with Gasteiger partial charge in [0.1, 0.15) is 23.5 Å². The van der Waals surface area contributed by atoms with E-state index in [-0.39, 0.29) is 17.3 Å². The summed E-state index contributed by atoms with van der Waals surface area (Å²) in [6.07, 6.45) is 1.83. The number of hydrogen-bond acceptors (Lipinski definition) is 6. The zero-order valence-electron chi connectivity index (χ0n) is 12.1. The van der Waals surface area contributed by atoms with Crippen molar-refractivity contribution >= 4 is 23.5 Å². The number of carbonyl (C=O) groups is 1. The van der Waals surface area contributed by atoms with Crippen LogP contribution in [0.2, 0.25) is 0 Å². The number of nitrogens with one attached hydrogen (secondary N) is 1. The molecule has 0 aliphatic heterocycles. The number of rotatable bonds is 5. The lowest BCUT2D eigenvalue weighted by Gasteiger charge is -2.09. The third kappa shape index (κ3) is 3.44. The van der Waals surface area contributed by atoms with Crippen molar-refractivity contribution < 1.29 is 9.53 Å². The molecule has 23 heavy (non-hydrogen) atoms. The minimum atomic E-state index is 0.0902. The van der Waals surface area contributed by atoms with Crippen LogP contribution in [0.25, 0.3) is 0 Å². The molecule has 0 saturated heterocycles. The molecule has 1 heterocycles. The SMILES string of the molecule is Nc1ncnc(Oc2ccc(Nc3ccccc3)cc2)c1C=O. The highest BCUT2D eigenvalue weighted by Gasteiger charge is 2.10. The Morgan fingerprint density at radius 3 is 2.35 bits per heavy atom. The number of ether oxygens (including phenoxy) is 1. The number of anilines is 3. The fourth-order valence-electron chi connectivity index (χ4n) is 1.99. The van der Waals surface area contributed by atoms with Crippen LogP contribution in [0.5, 0.6) is 11.6 Å². The van der Waals surface area contributed by atoms with Crippen LogP contribution in [0.3, 0.4) is 0 Å². The van der Waals surface area contributed by atoms with E-state index in [2.05, 4.69) is 15.3 Å². The van der Waals surface area contributed by atoms with Gasteiger partial charge in [0.15, 0.2) is 6.29 Å². The van der Waals surface area contributed by atoms with Gasteiger partial charge in [0.2, 0.25) is 5.88 Å². The summed E-state index contributed by atoms with van der Waals surface area (Å²) in [7, 11) is 0. The number of aldehydes is 1. The molecular formula is C17H14N4O2. The smallest absolute Gasteiger partial charge is 0.235 e. The summed E-state index contributed by atoms with van der Waals surface area (Å²) < 4.78 is 5.60. The summed E-state index contributed by atoms with van der Waals surface area (Å²) >= 11 is 0. The van der Waals surface area contributed by atoms with Crippen molar-refractivity contribution in [1.82, 2.24) is 9.97 Å². The van der Waals surface area contributed by atoms with Crippen LogP contribution in [0.4, 0.5) is 17.2 Å². The zero-order valence-corrected chi connectivity index (χ0v) is 12.1. The molecule has 0 saturated carbocycles. The lowest BCUT2D eigenvalue weighted by atomic mass is 10.2. The van der Waals surface area contributed by atoms with Crippen molar-refractivity contribution in [3.63, 3.8) is 0 Å². The number of nitrogens with zero attached hydrogens (tertiary/aromatic N) is 2. The Labute approximate surface area is 133 Å². The molecule has 0 amide bonds. The van der Waals surface area contributed by atoms with Gasteiger partial charge in [0, 0.05) is 11.4 Å². The second-order valence-corrected chi connectivity index (χ2v) is 4.71. The summed E-state index contributed by atoms with van der Waals surface area (Å²) in [5.41, 5.74) is 7.67. The number of nitrogen functional groups attached to an aromatic ring is 1. The lowest BCUT2D eigenvalue weighted by molar-refractivity contribution is 0.112. The van der Waals surface area contributed by atoms with Crippen LogP contribution in [0.15, 0.2) is 60.9 Å². The third-order valence-corrected chi connectivity index (χ3v) is 3.13. The Hall–Kier alpha value is -3.41. The fraction of sp³-hybridized carbons (Fsp3) is 0. The topological polar surface area (TPSA) is 90.1 Å². The van der Waals surface area contributed by atoms with Crippen LogP contribution in [-0.2, 0) is 0 Å². The second-order valence-electron chi connectivity index (χ2n) is 4.71. The highest BCUT2D eigenvalue weighted by atomic mass is 16.5. The van der Waals surface area contributed by atoms with Crippen LogP contribution < -0.4 is 15.8 Å². The summed E-state index contributed by atoms with van der Waals surface area (Å²) in [6, 6.07) is 17.1. The molecule has 3 N–H and O–H groups in total.